The molecule has 5 rings (SSSR count). The van der Waals surface area contributed by atoms with Gasteiger partial charge in [-0.2, -0.15) is 0 Å². The van der Waals surface area contributed by atoms with E-state index in [1.54, 1.807) is 12.4 Å². The summed E-state index contributed by atoms with van der Waals surface area (Å²) >= 11 is 0. The van der Waals surface area contributed by atoms with Crippen LogP contribution >= 0.6 is 0 Å². The number of benzene rings is 1. The molecule has 2 fully saturated rings. The number of aryl methyl sites for hydroxylation is 1. The maximum absolute atomic E-state index is 12.3. The van der Waals surface area contributed by atoms with E-state index in [9.17, 15) is 19.8 Å². The van der Waals surface area contributed by atoms with Gasteiger partial charge in [-0.1, -0.05) is 18.2 Å². The Bertz CT molecular complexity index is 1260. The van der Waals surface area contributed by atoms with Crippen LogP contribution in [0.2, 0.25) is 0 Å². The average Bonchev–Trinajstić information content (AvgIpc) is 2.93. The molecule has 2 aromatic heterocycles. The molecule has 2 aliphatic heterocycles. The molecule has 0 spiro atoms. The van der Waals surface area contributed by atoms with E-state index in [1.807, 2.05) is 81.1 Å². The first-order valence-corrected chi connectivity index (χ1v) is 12.3. The maximum atomic E-state index is 12.3. The Hall–Kier alpha value is -4.34. The van der Waals surface area contributed by atoms with E-state index in [2.05, 4.69) is 9.97 Å². The van der Waals surface area contributed by atoms with Gasteiger partial charge in [0.1, 0.15) is 23.7 Å². The lowest BCUT2D eigenvalue weighted by Gasteiger charge is -2.43. The number of carbonyl (C=O) groups is 2. The summed E-state index contributed by atoms with van der Waals surface area (Å²) in [6.07, 6.45) is 3.41. The number of nitrogens with zero attached hydrogens (tertiary/aromatic N) is 6. The van der Waals surface area contributed by atoms with Crippen LogP contribution in [-0.2, 0) is 9.59 Å². The van der Waals surface area contributed by atoms with Gasteiger partial charge in [0.25, 0.3) is 0 Å². The van der Waals surface area contributed by atoms with Crippen LogP contribution in [0.3, 0.4) is 0 Å². The van der Waals surface area contributed by atoms with Crippen molar-refractivity contribution in [1.29, 1.82) is 0 Å². The second-order valence-corrected chi connectivity index (χ2v) is 9.33. The lowest BCUT2D eigenvalue weighted by Crippen LogP contribution is -2.58. The van der Waals surface area contributed by atoms with E-state index in [4.69, 9.17) is 0 Å². The molecule has 192 valence electrons. The number of aliphatic carboxylic acids is 2. The van der Waals surface area contributed by atoms with Crippen LogP contribution in [0.4, 0.5) is 23.0 Å². The fourth-order valence-corrected chi connectivity index (χ4v) is 5.17. The Morgan fingerprint density at radius 2 is 1.30 bits per heavy atom. The van der Waals surface area contributed by atoms with Crippen molar-refractivity contribution in [1.82, 2.24) is 9.97 Å². The summed E-state index contributed by atoms with van der Waals surface area (Å²) in [6, 6.07) is 15.5. The van der Waals surface area contributed by atoms with Gasteiger partial charge in [-0.15, -0.1) is 0 Å². The normalized spacial score (nSPS) is 20.1. The minimum Gasteiger partial charge on any atom is -0.480 e. The number of carboxylic acid groups (broad SMARTS) is 2. The monoisotopic (exact) mass is 502 g/mol. The van der Waals surface area contributed by atoms with Crippen LogP contribution in [0, 0.1) is 6.92 Å². The van der Waals surface area contributed by atoms with Crippen LogP contribution in [0.15, 0.2) is 67.0 Å². The summed E-state index contributed by atoms with van der Waals surface area (Å²) in [5, 5.41) is 20.2. The topological polar surface area (TPSA) is 113 Å². The first kappa shape index (κ1) is 24.4. The number of aromatic nitrogens is 2. The predicted octanol–water partition coefficient (Wildman–Crippen LogP) is 2.34. The Kier molecular flexibility index (Phi) is 6.80. The molecule has 10 heteroatoms. The van der Waals surface area contributed by atoms with Gasteiger partial charge >= 0.3 is 11.9 Å². The van der Waals surface area contributed by atoms with Crippen molar-refractivity contribution in [2.24, 2.45) is 0 Å². The summed E-state index contributed by atoms with van der Waals surface area (Å²) in [6.45, 7) is 4.83. The van der Waals surface area contributed by atoms with Gasteiger partial charge in [0.2, 0.25) is 0 Å². The summed E-state index contributed by atoms with van der Waals surface area (Å²) < 4.78 is 0. The van der Waals surface area contributed by atoms with Crippen LogP contribution in [0.1, 0.15) is 5.56 Å². The highest BCUT2D eigenvalue weighted by molar-refractivity contribution is 5.83. The van der Waals surface area contributed by atoms with E-state index in [-0.39, 0.29) is 0 Å². The Balaban J connectivity index is 1.40. The Labute approximate surface area is 215 Å². The quantitative estimate of drug-likeness (QED) is 0.521. The zero-order chi connectivity index (χ0) is 25.9. The van der Waals surface area contributed by atoms with Crippen molar-refractivity contribution in [3.05, 3.63) is 72.6 Å². The van der Waals surface area contributed by atoms with E-state index >= 15 is 0 Å². The van der Waals surface area contributed by atoms with Crippen LogP contribution in [-0.4, -0.2) is 83.5 Å². The molecule has 4 heterocycles. The van der Waals surface area contributed by atoms with E-state index in [0.717, 1.165) is 28.6 Å². The summed E-state index contributed by atoms with van der Waals surface area (Å²) in [4.78, 5) is 41.2. The average molecular weight is 503 g/mol. The molecule has 0 unspecified atom stereocenters. The molecule has 37 heavy (non-hydrogen) atoms. The van der Waals surface area contributed by atoms with Gasteiger partial charge in [0, 0.05) is 49.9 Å². The van der Waals surface area contributed by atoms with Gasteiger partial charge in [0.15, 0.2) is 0 Å². The molecule has 2 saturated heterocycles. The number of carboxylic acids is 2. The van der Waals surface area contributed by atoms with E-state index in [1.165, 1.54) is 0 Å². The van der Waals surface area contributed by atoms with Crippen molar-refractivity contribution in [3.8, 4) is 0 Å². The number of hydrogen-bond donors (Lipinski definition) is 2. The Morgan fingerprint density at radius 3 is 1.81 bits per heavy atom. The van der Waals surface area contributed by atoms with Gasteiger partial charge in [-0.3, -0.25) is 0 Å². The lowest BCUT2D eigenvalue weighted by molar-refractivity contribution is -0.139. The van der Waals surface area contributed by atoms with Gasteiger partial charge in [0.05, 0.1) is 13.1 Å². The standard InChI is InChI=1S/C27H30N6O4/c1-19-8-9-20(32-14-12-30(17-22(32)26(34)35)24-6-2-4-10-28-24)16-21(19)33-15-13-31(18-23(33)27(36)37)25-7-3-5-11-29-25/h2-11,16,22-23H,12-15,17-18H2,1H3,(H,34,35)(H,36,37)/t22-,23+/m0/s1. The molecule has 2 aliphatic rings. The summed E-state index contributed by atoms with van der Waals surface area (Å²) in [5.41, 5.74) is 2.52. The van der Waals surface area contributed by atoms with Gasteiger partial charge < -0.3 is 29.8 Å². The van der Waals surface area contributed by atoms with Crippen molar-refractivity contribution in [2.45, 2.75) is 19.0 Å². The smallest absolute Gasteiger partial charge is 0.328 e. The third kappa shape index (κ3) is 5.00. The van der Waals surface area contributed by atoms with Crippen molar-refractivity contribution in [2.75, 3.05) is 58.9 Å². The Morgan fingerprint density at radius 1 is 0.757 bits per heavy atom. The molecule has 2 N–H and O–H groups in total. The SMILES string of the molecule is Cc1ccc(N2CCN(c3ccccn3)C[C@H]2C(=O)O)cc1N1CCN(c2ccccn2)C[C@@H]1C(=O)O. The second kappa shape index (κ2) is 10.3. The maximum Gasteiger partial charge on any atom is 0.328 e. The molecule has 2 atom stereocenters. The molecule has 0 radical (unpaired) electrons. The van der Waals surface area contributed by atoms with Gasteiger partial charge in [-0.05, 0) is 48.9 Å². The predicted molar refractivity (Wildman–Crippen MR) is 142 cm³/mol. The van der Waals surface area contributed by atoms with Crippen molar-refractivity contribution < 1.29 is 19.8 Å². The molecule has 3 aromatic rings. The first-order chi connectivity index (χ1) is 17.9. The van der Waals surface area contributed by atoms with Crippen LogP contribution < -0.4 is 19.6 Å². The second-order valence-electron chi connectivity index (χ2n) is 9.33. The zero-order valence-corrected chi connectivity index (χ0v) is 20.6. The molecule has 0 aliphatic carbocycles. The third-order valence-corrected chi connectivity index (χ3v) is 7.11. The molecule has 1 aromatic carbocycles. The minimum atomic E-state index is -0.907. The molecular weight excluding hydrogens is 472 g/mol. The largest absolute Gasteiger partial charge is 0.480 e. The molecular formula is C27H30N6O4. The first-order valence-electron chi connectivity index (χ1n) is 12.3. The fraction of sp³-hybridized carbons (Fsp3) is 0.333. The summed E-state index contributed by atoms with van der Waals surface area (Å²) in [7, 11) is 0. The number of hydrogen-bond acceptors (Lipinski definition) is 8. The fourth-order valence-electron chi connectivity index (χ4n) is 5.17. The minimum absolute atomic E-state index is 0.302. The molecule has 0 amide bonds. The molecule has 0 bridgehead atoms. The van der Waals surface area contributed by atoms with Crippen LogP contribution in [0.25, 0.3) is 0 Å². The van der Waals surface area contributed by atoms with Gasteiger partial charge in [-0.25, -0.2) is 19.6 Å². The number of anilines is 4. The van der Waals surface area contributed by atoms with Crippen molar-refractivity contribution in [3.63, 3.8) is 0 Å². The third-order valence-electron chi connectivity index (χ3n) is 7.11. The van der Waals surface area contributed by atoms with E-state index < -0.39 is 24.0 Å². The highest BCUT2D eigenvalue weighted by Gasteiger charge is 2.36. The van der Waals surface area contributed by atoms with Crippen molar-refractivity contribution >= 4 is 34.9 Å². The number of pyridine rings is 2. The number of piperazine rings is 2. The zero-order valence-electron chi connectivity index (χ0n) is 20.6. The number of rotatable bonds is 6. The van der Waals surface area contributed by atoms with Crippen LogP contribution in [0.5, 0.6) is 0 Å². The lowest BCUT2D eigenvalue weighted by atomic mass is 10.0. The molecule has 10 nitrogen and oxygen atoms in total. The highest BCUT2D eigenvalue weighted by Crippen LogP contribution is 2.32. The molecule has 0 saturated carbocycles. The summed E-state index contributed by atoms with van der Waals surface area (Å²) in [5.74, 6) is -0.296. The highest BCUT2D eigenvalue weighted by atomic mass is 16.4. The van der Waals surface area contributed by atoms with E-state index in [0.29, 0.717) is 39.3 Å².